The van der Waals surface area contributed by atoms with Crippen LogP contribution in [0.3, 0.4) is 0 Å². The van der Waals surface area contributed by atoms with Crippen LogP contribution in [0.15, 0.2) is 6.07 Å². The number of nitrogens with one attached hydrogen (secondary N) is 2. The summed E-state index contributed by atoms with van der Waals surface area (Å²) in [7, 11) is 0. The minimum absolute atomic E-state index is 0.00662. The number of anilines is 1. The number of aromatic nitrogens is 1. The van der Waals surface area contributed by atoms with E-state index < -0.39 is 5.97 Å². The lowest BCUT2D eigenvalue weighted by Crippen LogP contribution is -2.24. The number of carboxylic acids is 1. The van der Waals surface area contributed by atoms with E-state index in [4.69, 9.17) is 5.11 Å². The van der Waals surface area contributed by atoms with Crippen LogP contribution >= 0.6 is 0 Å². The molecule has 1 aromatic heterocycles. The molecule has 0 aliphatic heterocycles. The number of carbonyl (C=O) groups is 2. The third-order valence-electron chi connectivity index (χ3n) is 3.90. The van der Waals surface area contributed by atoms with Gasteiger partial charge in [-0.3, -0.25) is 4.79 Å². The summed E-state index contributed by atoms with van der Waals surface area (Å²) in [6, 6.07) is 1.67. The molecule has 1 heterocycles. The number of carbonyl (C=O) groups excluding carboxylic acids is 1. The van der Waals surface area contributed by atoms with E-state index in [-0.39, 0.29) is 17.5 Å². The largest absolute Gasteiger partial charge is 0.477 e. The molecule has 3 N–H and O–H groups in total. The maximum absolute atomic E-state index is 12.3. The van der Waals surface area contributed by atoms with Crippen LogP contribution in [0.2, 0.25) is 0 Å². The summed E-state index contributed by atoms with van der Waals surface area (Å²) >= 11 is 0. The second-order valence-corrected chi connectivity index (χ2v) is 5.58. The Bertz CT molecular complexity index is 485. The monoisotopic (exact) mass is 278 g/mol. The minimum atomic E-state index is -1.05. The van der Waals surface area contributed by atoms with Crippen molar-refractivity contribution >= 4 is 17.6 Å². The fourth-order valence-electron chi connectivity index (χ4n) is 2.81. The summed E-state index contributed by atoms with van der Waals surface area (Å²) < 4.78 is 0. The van der Waals surface area contributed by atoms with Crippen LogP contribution in [0.1, 0.15) is 61.1 Å². The van der Waals surface area contributed by atoms with Crippen molar-refractivity contribution in [3.8, 4) is 0 Å². The van der Waals surface area contributed by atoms with Gasteiger partial charge in [-0.1, -0.05) is 32.1 Å². The van der Waals surface area contributed by atoms with Crippen LogP contribution in [-0.4, -0.2) is 22.0 Å². The van der Waals surface area contributed by atoms with E-state index in [1.807, 2.05) is 0 Å². The maximum Gasteiger partial charge on any atom is 0.354 e. The number of rotatable bonds is 3. The number of H-pyrrole nitrogens is 1. The van der Waals surface area contributed by atoms with E-state index in [1.165, 1.54) is 19.3 Å². The standard InChI is InChI=1S/C15H22N2O3/c1-10-9-12(13(16-10)15(19)20)17-14(18)11-7-5-3-2-4-6-8-11/h9,11,16H,2-8H2,1H3,(H,17,18)(H,19,20). The molecule has 2 rings (SSSR count). The van der Waals surface area contributed by atoms with E-state index in [2.05, 4.69) is 10.3 Å². The van der Waals surface area contributed by atoms with Crippen molar-refractivity contribution in [3.05, 3.63) is 17.5 Å². The van der Waals surface area contributed by atoms with Gasteiger partial charge in [0, 0.05) is 11.6 Å². The summed E-state index contributed by atoms with van der Waals surface area (Å²) in [4.78, 5) is 26.2. The molecule has 1 aromatic rings. The van der Waals surface area contributed by atoms with Gasteiger partial charge in [-0.05, 0) is 25.8 Å². The third-order valence-corrected chi connectivity index (χ3v) is 3.90. The molecule has 1 aliphatic rings. The second kappa shape index (κ2) is 6.59. The minimum Gasteiger partial charge on any atom is -0.477 e. The van der Waals surface area contributed by atoms with Crippen molar-refractivity contribution in [1.29, 1.82) is 0 Å². The molecule has 0 bridgehead atoms. The lowest BCUT2D eigenvalue weighted by atomic mass is 9.90. The lowest BCUT2D eigenvalue weighted by molar-refractivity contribution is -0.120. The molecule has 0 unspecified atom stereocenters. The molecule has 1 fully saturated rings. The smallest absolute Gasteiger partial charge is 0.354 e. The Morgan fingerprint density at radius 2 is 1.80 bits per heavy atom. The first kappa shape index (κ1) is 14.6. The van der Waals surface area contributed by atoms with E-state index >= 15 is 0 Å². The van der Waals surface area contributed by atoms with E-state index in [9.17, 15) is 9.59 Å². The number of aromatic amines is 1. The molecular formula is C15H22N2O3. The average molecular weight is 278 g/mol. The summed E-state index contributed by atoms with van der Waals surface area (Å²) in [5.74, 6) is -1.09. The SMILES string of the molecule is Cc1cc(NC(=O)C2CCCCCCC2)c(C(=O)O)[nH]1. The van der Waals surface area contributed by atoms with Gasteiger partial charge in [-0.15, -0.1) is 0 Å². The van der Waals surface area contributed by atoms with Gasteiger partial charge < -0.3 is 15.4 Å². The van der Waals surface area contributed by atoms with Gasteiger partial charge in [0.05, 0.1) is 5.69 Å². The van der Waals surface area contributed by atoms with E-state index in [0.717, 1.165) is 31.4 Å². The summed E-state index contributed by atoms with van der Waals surface area (Å²) in [5, 5.41) is 11.9. The predicted molar refractivity (Wildman–Crippen MR) is 76.9 cm³/mol. The Balaban J connectivity index is 2.04. The maximum atomic E-state index is 12.3. The Morgan fingerprint density at radius 3 is 2.40 bits per heavy atom. The number of aryl methyl sites for hydroxylation is 1. The lowest BCUT2D eigenvalue weighted by Gasteiger charge is -2.18. The highest BCUT2D eigenvalue weighted by atomic mass is 16.4. The normalized spacial score (nSPS) is 17.2. The first-order valence-corrected chi connectivity index (χ1v) is 7.31. The summed E-state index contributed by atoms with van der Waals surface area (Å²) in [5.41, 5.74) is 1.17. The topological polar surface area (TPSA) is 82.2 Å². The van der Waals surface area contributed by atoms with Gasteiger partial charge >= 0.3 is 5.97 Å². The van der Waals surface area contributed by atoms with Gasteiger partial charge in [-0.2, -0.15) is 0 Å². The fourth-order valence-corrected chi connectivity index (χ4v) is 2.81. The van der Waals surface area contributed by atoms with Crippen LogP contribution in [-0.2, 0) is 4.79 Å². The highest BCUT2D eigenvalue weighted by Gasteiger charge is 2.22. The molecule has 0 radical (unpaired) electrons. The van der Waals surface area contributed by atoms with Crippen molar-refractivity contribution in [2.75, 3.05) is 5.32 Å². The predicted octanol–water partition coefficient (Wildman–Crippen LogP) is 3.32. The van der Waals surface area contributed by atoms with E-state index in [1.54, 1.807) is 13.0 Å². The van der Waals surface area contributed by atoms with Gasteiger partial charge in [-0.25, -0.2) is 4.79 Å². The number of carboxylic acid groups (broad SMARTS) is 1. The molecular weight excluding hydrogens is 256 g/mol. The number of hydrogen-bond acceptors (Lipinski definition) is 2. The highest BCUT2D eigenvalue weighted by molar-refractivity contribution is 6.00. The van der Waals surface area contributed by atoms with Crippen molar-refractivity contribution in [2.24, 2.45) is 5.92 Å². The Morgan fingerprint density at radius 1 is 1.20 bits per heavy atom. The molecule has 0 saturated heterocycles. The molecule has 20 heavy (non-hydrogen) atoms. The molecule has 1 aliphatic carbocycles. The quantitative estimate of drug-likeness (QED) is 0.793. The van der Waals surface area contributed by atoms with Crippen molar-refractivity contribution < 1.29 is 14.7 Å². The first-order valence-electron chi connectivity index (χ1n) is 7.31. The Labute approximate surface area is 118 Å². The van der Waals surface area contributed by atoms with Crippen LogP contribution in [0.4, 0.5) is 5.69 Å². The number of amides is 1. The molecule has 5 heteroatoms. The molecule has 0 spiro atoms. The average Bonchev–Trinajstić information content (AvgIpc) is 2.69. The zero-order valence-electron chi connectivity index (χ0n) is 11.9. The zero-order chi connectivity index (χ0) is 14.5. The molecule has 5 nitrogen and oxygen atoms in total. The molecule has 0 atom stereocenters. The van der Waals surface area contributed by atoms with Crippen LogP contribution in [0.5, 0.6) is 0 Å². The Hall–Kier alpha value is -1.78. The number of aromatic carboxylic acids is 1. The van der Waals surface area contributed by atoms with Crippen LogP contribution in [0.25, 0.3) is 0 Å². The fraction of sp³-hybridized carbons (Fsp3) is 0.600. The van der Waals surface area contributed by atoms with Gasteiger partial charge in [0.1, 0.15) is 5.69 Å². The van der Waals surface area contributed by atoms with Gasteiger partial charge in [0.15, 0.2) is 0 Å². The summed E-state index contributed by atoms with van der Waals surface area (Å²) in [6.45, 7) is 1.78. The van der Waals surface area contributed by atoms with E-state index in [0.29, 0.717) is 5.69 Å². The van der Waals surface area contributed by atoms with Crippen LogP contribution < -0.4 is 5.32 Å². The zero-order valence-corrected chi connectivity index (χ0v) is 11.9. The van der Waals surface area contributed by atoms with Crippen molar-refractivity contribution in [2.45, 2.75) is 51.9 Å². The van der Waals surface area contributed by atoms with Gasteiger partial charge in [0.2, 0.25) is 5.91 Å². The summed E-state index contributed by atoms with van der Waals surface area (Å²) in [6.07, 6.45) is 7.59. The van der Waals surface area contributed by atoms with Gasteiger partial charge in [0.25, 0.3) is 0 Å². The highest BCUT2D eigenvalue weighted by Crippen LogP contribution is 2.25. The van der Waals surface area contributed by atoms with Crippen LogP contribution in [0, 0.1) is 12.8 Å². The molecule has 1 saturated carbocycles. The third kappa shape index (κ3) is 3.62. The van der Waals surface area contributed by atoms with Crippen molar-refractivity contribution in [3.63, 3.8) is 0 Å². The molecule has 110 valence electrons. The Kier molecular flexibility index (Phi) is 4.82. The first-order chi connectivity index (χ1) is 9.58. The van der Waals surface area contributed by atoms with Crippen molar-refractivity contribution in [1.82, 2.24) is 4.98 Å². The molecule has 1 amide bonds. The second-order valence-electron chi connectivity index (χ2n) is 5.58. The molecule has 0 aromatic carbocycles. The number of hydrogen-bond donors (Lipinski definition) is 3.